The van der Waals surface area contributed by atoms with Gasteiger partial charge in [-0.1, -0.05) is 19.8 Å². The molecule has 1 unspecified atom stereocenters. The quantitative estimate of drug-likeness (QED) is 0.371. The highest BCUT2D eigenvalue weighted by atomic mass is 16.6. The number of carbonyl (C=O) groups excluding carboxylic acids is 2. The molecule has 0 radical (unpaired) electrons. The SMILES string of the molecule is CC.Nc1nc(C#CCC2CCN(C(=O)OCC3CC3)CC2)nc2c1ncn2[C@@H]1O[C@H](C(=O)NC2CC2)[C@H](O)C1O. The van der Waals surface area contributed by atoms with Crippen molar-refractivity contribution in [3.8, 4) is 11.8 Å². The first-order valence-electron chi connectivity index (χ1n) is 14.6. The average molecular weight is 570 g/mol. The number of nitrogens with zero attached hydrogens (tertiary/aromatic N) is 5. The summed E-state index contributed by atoms with van der Waals surface area (Å²) in [6.07, 6.45) is 2.47. The number of hydrogen-bond acceptors (Lipinski definition) is 10. The normalized spacial score (nSPS) is 26.1. The fourth-order valence-electron chi connectivity index (χ4n) is 4.96. The lowest BCUT2D eigenvalue weighted by Crippen LogP contribution is -2.43. The van der Waals surface area contributed by atoms with Crippen molar-refractivity contribution in [2.75, 3.05) is 25.4 Å². The Morgan fingerprint density at radius 1 is 1.10 bits per heavy atom. The third kappa shape index (κ3) is 6.72. The van der Waals surface area contributed by atoms with Crippen LogP contribution < -0.4 is 11.1 Å². The van der Waals surface area contributed by atoms with Gasteiger partial charge in [-0.05, 0) is 56.3 Å². The summed E-state index contributed by atoms with van der Waals surface area (Å²) in [4.78, 5) is 39.4. The van der Waals surface area contributed by atoms with Crippen LogP contribution in [0, 0.1) is 23.7 Å². The molecule has 4 heterocycles. The molecule has 2 saturated carbocycles. The van der Waals surface area contributed by atoms with Crippen molar-refractivity contribution in [2.24, 2.45) is 11.8 Å². The zero-order valence-electron chi connectivity index (χ0n) is 23.5. The number of likely N-dealkylation sites (tertiary alicyclic amines) is 1. The second kappa shape index (κ2) is 12.6. The molecule has 2 aromatic rings. The minimum atomic E-state index is -1.41. The van der Waals surface area contributed by atoms with Crippen LogP contribution in [0.5, 0.6) is 0 Å². The molecule has 0 aromatic carbocycles. The molecule has 41 heavy (non-hydrogen) atoms. The maximum atomic E-state index is 12.5. The Morgan fingerprint density at radius 3 is 2.51 bits per heavy atom. The van der Waals surface area contributed by atoms with Gasteiger partial charge in [0.2, 0.25) is 5.82 Å². The van der Waals surface area contributed by atoms with Gasteiger partial charge in [0.1, 0.15) is 17.7 Å². The number of anilines is 1. The highest BCUT2D eigenvalue weighted by molar-refractivity contribution is 5.83. The standard InChI is InChI=1S/C26H33N7O6.C2H6/c27-22-18-23(33(13-28-18)25-20(35)19(34)21(39-25)24(36)29-16-6-7-16)31-17(30-22)3-1-2-14-8-10-32(11-9-14)26(37)38-12-15-4-5-15;1-2/h13-16,19-21,25,34-35H,2,4-12H2,(H,29,36)(H2,27,30,31);1-2H3/t19-,20?,21+,25-;/m1./s1. The van der Waals surface area contributed by atoms with Crippen LogP contribution in [0.25, 0.3) is 11.2 Å². The summed E-state index contributed by atoms with van der Waals surface area (Å²) >= 11 is 0. The number of nitrogens with two attached hydrogens (primary N) is 1. The second-order valence-electron chi connectivity index (χ2n) is 10.9. The van der Waals surface area contributed by atoms with E-state index in [4.69, 9.17) is 15.2 Å². The van der Waals surface area contributed by atoms with E-state index >= 15 is 0 Å². The number of imidazole rings is 1. The first-order chi connectivity index (χ1) is 19.9. The highest BCUT2D eigenvalue weighted by Gasteiger charge is 2.48. The van der Waals surface area contributed by atoms with E-state index in [9.17, 15) is 19.8 Å². The molecular formula is C28H39N7O6. The summed E-state index contributed by atoms with van der Waals surface area (Å²) in [5.41, 5.74) is 6.70. The van der Waals surface area contributed by atoms with Crippen molar-refractivity contribution >= 4 is 29.0 Å². The molecule has 4 aliphatic rings. The number of rotatable bonds is 6. The van der Waals surface area contributed by atoms with Gasteiger partial charge in [0, 0.05) is 25.6 Å². The molecule has 5 N–H and O–H groups in total. The molecule has 2 amide bonds. The van der Waals surface area contributed by atoms with E-state index in [0.717, 1.165) is 38.5 Å². The average Bonchev–Trinajstić information content (AvgIpc) is 3.91. The minimum Gasteiger partial charge on any atom is -0.449 e. The molecule has 2 aliphatic carbocycles. The van der Waals surface area contributed by atoms with Crippen LogP contribution in [-0.2, 0) is 14.3 Å². The fraction of sp³-hybridized carbons (Fsp3) is 0.679. The topological polar surface area (TPSA) is 178 Å². The van der Waals surface area contributed by atoms with E-state index in [0.29, 0.717) is 43.5 Å². The molecule has 2 aromatic heterocycles. The summed E-state index contributed by atoms with van der Waals surface area (Å²) < 4.78 is 12.6. The van der Waals surface area contributed by atoms with Gasteiger partial charge in [-0.15, -0.1) is 0 Å². The van der Waals surface area contributed by atoms with Gasteiger partial charge in [0.25, 0.3) is 5.91 Å². The Morgan fingerprint density at radius 2 is 1.83 bits per heavy atom. The largest absolute Gasteiger partial charge is 0.449 e. The Hall–Kier alpha value is -3.47. The monoisotopic (exact) mass is 569 g/mol. The molecule has 0 spiro atoms. The van der Waals surface area contributed by atoms with Crippen LogP contribution in [0.15, 0.2) is 6.33 Å². The van der Waals surface area contributed by atoms with Crippen molar-refractivity contribution in [1.82, 2.24) is 29.7 Å². The Bertz CT molecular complexity index is 1310. The third-order valence-electron chi connectivity index (χ3n) is 7.75. The number of piperidine rings is 1. The summed E-state index contributed by atoms with van der Waals surface area (Å²) in [6.45, 7) is 5.83. The molecule has 13 nitrogen and oxygen atoms in total. The van der Waals surface area contributed by atoms with Crippen LogP contribution in [0.1, 0.15) is 70.8 Å². The number of hydrogen-bond donors (Lipinski definition) is 4. The number of aliphatic hydroxyl groups is 2. The van der Waals surface area contributed by atoms with Gasteiger partial charge < -0.3 is 35.6 Å². The molecule has 13 heteroatoms. The summed E-state index contributed by atoms with van der Waals surface area (Å²) in [5, 5.41) is 23.9. The second-order valence-corrected chi connectivity index (χ2v) is 10.9. The molecule has 6 rings (SSSR count). The van der Waals surface area contributed by atoms with Crippen molar-refractivity contribution < 1.29 is 29.3 Å². The third-order valence-corrected chi connectivity index (χ3v) is 7.75. The highest BCUT2D eigenvalue weighted by Crippen LogP contribution is 2.33. The van der Waals surface area contributed by atoms with Crippen LogP contribution >= 0.6 is 0 Å². The van der Waals surface area contributed by atoms with Gasteiger partial charge in [-0.2, -0.15) is 0 Å². The lowest BCUT2D eigenvalue weighted by Gasteiger charge is -2.30. The van der Waals surface area contributed by atoms with E-state index < -0.39 is 30.4 Å². The van der Waals surface area contributed by atoms with E-state index in [1.54, 1.807) is 4.90 Å². The van der Waals surface area contributed by atoms with Gasteiger partial charge >= 0.3 is 6.09 Å². The van der Waals surface area contributed by atoms with Crippen LogP contribution in [0.4, 0.5) is 10.6 Å². The first kappa shape index (κ1) is 29.0. The van der Waals surface area contributed by atoms with Gasteiger partial charge in [0.15, 0.2) is 23.8 Å². The number of aromatic nitrogens is 4. The molecule has 0 bridgehead atoms. The number of carbonyl (C=O) groups is 2. The molecule has 4 fully saturated rings. The summed E-state index contributed by atoms with van der Waals surface area (Å²) in [6, 6.07) is 0.0910. The Labute approximate surface area is 238 Å². The molecule has 4 atom stereocenters. The zero-order valence-corrected chi connectivity index (χ0v) is 23.5. The van der Waals surface area contributed by atoms with E-state index in [1.807, 2.05) is 13.8 Å². The summed E-state index contributed by atoms with van der Waals surface area (Å²) in [5.74, 6) is 6.85. The summed E-state index contributed by atoms with van der Waals surface area (Å²) in [7, 11) is 0. The van der Waals surface area contributed by atoms with Gasteiger partial charge in [0.05, 0.1) is 12.9 Å². The zero-order chi connectivity index (χ0) is 29.1. The molecular weight excluding hydrogens is 530 g/mol. The number of nitrogens with one attached hydrogen (secondary N) is 1. The number of fused-ring (bicyclic) bond motifs is 1. The number of ether oxygens (including phenoxy) is 2. The minimum absolute atomic E-state index is 0.0910. The first-order valence-corrected chi connectivity index (χ1v) is 14.6. The molecule has 2 aliphatic heterocycles. The van der Waals surface area contributed by atoms with E-state index in [2.05, 4.69) is 32.1 Å². The van der Waals surface area contributed by atoms with Gasteiger partial charge in [-0.25, -0.2) is 19.7 Å². The fourth-order valence-corrected chi connectivity index (χ4v) is 4.96. The lowest BCUT2D eigenvalue weighted by atomic mass is 9.94. The number of amides is 2. The van der Waals surface area contributed by atoms with Crippen molar-refractivity contribution in [3.05, 3.63) is 12.2 Å². The molecule has 2 saturated heterocycles. The predicted octanol–water partition coefficient (Wildman–Crippen LogP) is 1.33. The smallest absolute Gasteiger partial charge is 0.409 e. The van der Waals surface area contributed by atoms with Gasteiger partial charge in [-0.3, -0.25) is 9.36 Å². The van der Waals surface area contributed by atoms with Crippen molar-refractivity contribution in [3.63, 3.8) is 0 Å². The number of aliphatic hydroxyl groups excluding tert-OH is 2. The number of nitrogen functional groups attached to an aromatic ring is 1. The maximum Gasteiger partial charge on any atom is 0.409 e. The van der Waals surface area contributed by atoms with E-state index in [-0.39, 0.29) is 29.4 Å². The lowest BCUT2D eigenvalue weighted by molar-refractivity contribution is -0.137. The van der Waals surface area contributed by atoms with Crippen molar-refractivity contribution in [1.29, 1.82) is 0 Å². The maximum absolute atomic E-state index is 12.5. The van der Waals surface area contributed by atoms with Crippen molar-refractivity contribution in [2.45, 2.75) is 89.4 Å². The Balaban J connectivity index is 0.00000165. The Kier molecular flexibility index (Phi) is 8.91. The molecule has 222 valence electrons. The van der Waals surface area contributed by atoms with E-state index in [1.165, 1.54) is 10.9 Å². The predicted molar refractivity (Wildman–Crippen MR) is 148 cm³/mol. The van der Waals surface area contributed by atoms with Crippen LogP contribution in [-0.4, -0.2) is 90.7 Å². The van der Waals surface area contributed by atoms with Crippen LogP contribution in [0.3, 0.4) is 0 Å². The van der Waals surface area contributed by atoms with Crippen LogP contribution in [0.2, 0.25) is 0 Å².